The highest BCUT2D eigenvalue weighted by Crippen LogP contribution is 2.31. The summed E-state index contributed by atoms with van der Waals surface area (Å²) in [5.41, 5.74) is 6.71. The van der Waals surface area contributed by atoms with Gasteiger partial charge in [-0.2, -0.15) is 0 Å². The summed E-state index contributed by atoms with van der Waals surface area (Å²) < 4.78 is 6.73. The van der Waals surface area contributed by atoms with Crippen LogP contribution in [0.3, 0.4) is 0 Å². The standard InChI is InChI=1S/C14H13BrClNO/c15-12-9-11(6-5-10(12)7-8-17)18-14-4-2-1-3-13(14)16/h1-6,9H,7-8,17H2. The van der Waals surface area contributed by atoms with E-state index >= 15 is 0 Å². The average Bonchev–Trinajstić information content (AvgIpc) is 2.36. The molecule has 0 atom stereocenters. The number of rotatable bonds is 4. The Hall–Kier alpha value is -1.03. The van der Waals surface area contributed by atoms with Crippen molar-refractivity contribution in [1.82, 2.24) is 0 Å². The molecule has 18 heavy (non-hydrogen) atoms. The van der Waals surface area contributed by atoms with Gasteiger partial charge in [-0.1, -0.05) is 45.7 Å². The molecule has 0 bridgehead atoms. The van der Waals surface area contributed by atoms with Crippen LogP contribution in [0.4, 0.5) is 0 Å². The predicted molar refractivity (Wildman–Crippen MR) is 78.4 cm³/mol. The van der Waals surface area contributed by atoms with Gasteiger partial charge < -0.3 is 10.5 Å². The molecule has 2 rings (SSSR count). The minimum absolute atomic E-state index is 0.597. The van der Waals surface area contributed by atoms with Crippen molar-refractivity contribution in [3.8, 4) is 11.5 Å². The molecular formula is C14H13BrClNO. The van der Waals surface area contributed by atoms with Crippen LogP contribution in [-0.2, 0) is 6.42 Å². The summed E-state index contributed by atoms with van der Waals surface area (Å²) in [6, 6.07) is 13.2. The third-order valence-corrected chi connectivity index (χ3v) is 3.55. The van der Waals surface area contributed by atoms with Crippen LogP contribution in [0, 0.1) is 0 Å². The molecule has 0 spiro atoms. The summed E-state index contributed by atoms with van der Waals surface area (Å²) in [4.78, 5) is 0. The average molecular weight is 327 g/mol. The van der Waals surface area contributed by atoms with Gasteiger partial charge in [0.05, 0.1) is 5.02 Å². The van der Waals surface area contributed by atoms with Gasteiger partial charge in [-0.25, -0.2) is 0 Å². The molecule has 0 radical (unpaired) electrons. The first-order chi connectivity index (χ1) is 8.70. The van der Waals surface area contributed by atoms with Crippen molar-refractivity contribution >= 4 is 27.5 Å². The lowest BCUT2D eigenvalue weighted by atomic mass is 10.1. The summed E-state index contributed by atoms with van der Waals surface area (Å²) in [5.74, 6) is 1.40. The van der Waals surface area contributed by atoms with Crippen molar-refractivity contribution in [3.05, 3.63) is 57.5 Å². The second-order valence-electron chi connectivity index (χ2n) is 3.82. The molecule has 2 N–H and O–H groups in total. The molecule has 2 nitrogen and oxygen atoms in total. The minimum atomic E-state index is 0.597. The van der Waals surface area contributed by atoms with E-state index in [1.807, 2.05) is 36.4 Å². The Morgan fingerprint density at radius 1 is 1.17 bits per heavy atom. The normalized spacial score (nSPS) is 10.4. The number of benzene rings is 2. The van der Waals surface area contributed by atoms with Gasteiger partial charge in [0.1, 0.15) is 11.5 Å². The summed E-state index contributed by atoms with van der Waals surface area (Å²) in [7, 11) is 0. The lowest BCUT2D eigenvalue weighted by Crippen LogP contribution is -2.03. The molecule has 0 saturated heterocycles. The molecule has 0 aliphatic heterocycles. The van der Waals surface area contributed by atoms with Crippen molar-refractivity contribution < 1.29 is 4.74 Å². The molecule has 0 heterocycles. The monoisotopic (exact) mass is 325 g/mol. The second-order valence-corrected chi connectivity index (χ2v) is 5.09. The minimum Gasteiger partial charge on any atom is -0.456 e. The van der Waals surface area contributed by atoms with Gasteiger partial charge in [-0.15, -0.1) is 0 Å². The largest absolute Gasteiger partial charge is 0.456 e. The second kappa shape index (κ2) is 6.23. The zero-order valence-corrected chi connectivity index (χ0v) is 12.0. The van der Waals surface area contributed by atoms with Gasteiger partial charge in [0, 0.05) is 4.47 Å². The topological polar surface area (TPSA) is 35.2 Å². The fourth-order valence-corrected chi connectivity index (χ4v) is 2.33. The number of hydrogen-bond donors (Lipinski definition) is 1. The Labute approximate surface area is 120 Å². The van der Waals surface area contributed by atoms with Crippen LogP contribution in [-0.4, -0.2) is 6.54 Å². The smallest absolute Gasteiger partial charge is 0.146 e. The number of ether oxygens (including phenoxy) is 1. The summed E-state index contributed by atoms with van der Waals surface area (Å²) in [6.07, 6.45) is 0.840. The van der Waals surface area contributed by atoms with E-state index in [9.17, 15) is 0 Å². The molecule has 0 amide bonds. The molecule has 0 unspecified atom stereocenters. The first-order valence-electron chi connectivity index (χ1n) is 5.61. The zero-order valence-electron chi connectivity index (χ0n) is 9.70. The van der Waals surface area contributed by atoms with E-state index in [2.05, 4.69) is 15.9 Å². The van der Waals surface area contributed by atoms with E-state index in [0.717, 1.165) is 16.6 Å². The Balaban J connectivity index is 2.20. The van der Waals surface area contributed by atoms with E-state index in [1.54, 1.807) is 6.07 Å². The van der Waals surface area contributed by atoms with Crippen LogP contribution in [0.2, 0.25) is 5.02 Å². The molecule has 2 aromatic carbocycles. The fraction of sp³-hybridized carbons (Fsp3) is 0.143. The first-order valence-corrected chi connectivity index (χ1v) is 6.78. The molecule has 0 aliphatic carbocycles. The lowest BCUT2D eigenvalue weighted by molar-refractivity contribution is 0.482. The number of nitrogens with two attached hydrogens (primary N) is 1. The van der Waals surface area contributed by atoms with E-state index < -0.39 is 0 Å². The van der Waals surface area contributed by atoms with E-state index in [0.29, 0.717) is 17.3 Å². The van der Waals surface area contributed by atoms with Crippen LogP contribution in [0.25, 0.3) is 0 Å². The Morgan fingerprint density at radius 3 is 2.61 bits per heavy atom. The first kappa shape index (κ1) is 13.4. The quantitative estimate of drug-likeness (QED) is 0.904. The molecular weight excluding hydrogens is 314 g/mol. The Bertz CT molecular complexity index is 545. The molecule has 0 aromatic heterocycles. The van der Waals surface area contributed by atoms with Gasteiger partial charge >= 0.3 is 0 Å². The summed E-state index contributed by atoms with van der Waals surface area (Å²) >= 11 is 9.55. The Morgan fingerprint density at radius 2 is 1.94 bits per heavy atom. The van der Waals surface area contributed by atoms with Crippen molar-refractivity contribution in [2.24, 2.45) is 5.73 Å². The maximum absolute atomic E-state index is 6.04. The molecule has 0 aliphatic rings. The van der Waals surface area contributed by atoms with Crippen LogP contribution in [0.5, 0.6) is 11.5 Å². The highest BCUT2D eigenvalue weighted by molar-refractivity contribution is 9.10. The van der Waals surface area contributed by atoms with Crippen LogP contribution >= 0.6 is 27.5 Å². The molecule has 2 aromatic rings. The number of halogens is 2. The van der Waals surface area contributed by atoms with Gasteiger partial charge in [-0.3, -0.25) is 0 Å². The fourth-order valence-electron chi connectivity index (χ4n) is 1.60. The zero-order chi connectivity index (χ0) is 13.0. The highest BCUT2D eigenvalue weighted by Gasteiger charge is 2.05. The van der Waals surface area contributed by atoms with Crippen molar-refractivity contribution in [3.63, 3.8) is 0 Å². The molecule has 0 saturated carbocycles. The van der Waals surface area contributed by atoms with Crippen LogP contribution in [0.1, 0.15) is 5.56 Å². The van der Waals surface area contributed by atoms with Crippen LogP contribution < -0.4 is 10.5 Å². The number of hydrogen-bond acceptors (Lipinski definition) is 2. The SMILES string of the molecule is NCCc1ccc(Oc2ccccc2Cl)cc1Br. The third kappa shape index (κ3) is 3.25. The summed E-state index contributed by atoms with van der Waals surface area (Å²) in [6.45, 7) is 0.628. The van der Waals surface area contributed by atoms with E-state index in [4.69, 9.17) is 22.1 Å². The van der Waals surface area contributed by atoms with Gasteiger partial charge in [0.15, 0.2) is 0 Å². The van der Waals surface area contributed by atoms with Crippen LogP contribution in [0.15, 0.2) is 46.9 Å². The van der Waals surface area contributed by atoms with Gasteiger partial charge in [-0.05, 0) is 42.8 Å². The van der Waals surface area contributed by atoms with Crippen molar-refractivity contribution in [2.75, 3.05) is 6.54 Å². The van der Waals surface area contributed by atoms with E-state index in [1.165, 1.54) is 5.56 Å². The van der Waals surface area contributed by atoms with E-state index in [-0.39, 0.29) is 0 Å². The third-order valence-electron chi connectivity index (χ3n) is 2.50. The maximum atomic E-state index is 6.04. The Kier molecular flexibility index (Phi) is 4.64. The molecule has 0 fully saturated rings. The van der Waals surface area contributed by atoms with Gasteiger partial charge in [0.25, 0.3) is 0 Å². The molecule has 94 valence electrons. The maximum Gasteiger partial charge on any atom is 0.146 e. The van der Waals surface area contributed by atoms with Gasteiger partial charge in [0.2, 0.25) is 0 Å². The predicted octanol–water partition coefficient (Wildman–Crippen LogP) is 4.40. The van der Waals surface area contributed by atoms with Crippen molar-refractivity contribution in [1.29, 1.82) is 0 Å². The number of para-hydroxylation sites is 1. The lowest BCUT2D eigenvalue weighted by Gasteiger charge is -2.09. The highest BCUT2D eigenvalue weighted by atomic mass is 79.9. The summed E-state index contributed by atoms with van der Waals surface area (Å²) in [5, 5.41) is 0.597. The molecule has 4 heteroatoms. The van der Waals surface area contributed by atoms with Crippen molar-refractivity contribution in [2.45, 2.75) is 6.42 Å².